The van der Waals surface area contributed by atoms with Crippen molar-refractivity contribution in [3.8, 4) is 0 Å². The molecule has 1 heterocycles. The summed E-state index contributed by atoms with van der Waals surface area (Å²) in [6, 6.07) is 8.59. The summed E-state index contributed by atoms with van der Waals surface area (Å²) < 4.78 is 1.87. The van der Waals surface area contributed by atoms with Crippen LogP contribution in [0.15, 0.2) is 30.6 Å². The van der Waals surface area contributed by atoms with E-state index in [1.807, 2.05) is 16.8 Å². The van der Waals surface area contributed by atoms with Crippen LogP contribution in [0.4, 0.5) is 0 Å². The highest BCUT2D eigenvalue weighted by atomic mass is 16.3. The van der Waals surface area contributed by atoms with Crippen molar-refractivity contribution in [2.45, 2.75) is 51.2 Å². The minimum Gasteiger partial charge on any atom is -0.388 e. The molecule has 0 aliphatic heterocycles. The highest BCUT2D eigenvalue weighted by molar-refractivity contribution is 5.30. The number of hydrogen-bond donors (Lipinski definition) is 1. The standard InChI is InChI=1S/C16H21N3O/c1-11(2)19-16(17-10-18-19)9-15(20)14-5-3-4-13(8-14)12-6-7-12/h3-5,8,10-12,15,20H,6-7,9H2,1-2H3. The average Bonchev–Trinajstić information content (AvgIpc) is 3.19. The average molecular weight is 271 g/mol. The highest BCUT2D eigenvalue weighted by Crippen LogP contribution is 2.40. The third kappa shape index (κ3) is 2.75. The van der Waals surface area contributed by atoms with E-state index in [9.17, 15) is 5.11 Å². The zero-order valence-electron chi connectivity index (χ0n) is 12.0. The second-order valence-corrected chi connectivity index (χ2v) is 5.88. The quantitative estimate of drug-likeness (QED) is 0.909. The molecule has 2 aromatic rings. The Morgan fingerprint density at radius 3 is 2.85 bits per heavy atom. The fourth-order valence-electron chi connectivity index (χ4n) is 2.58. The van der Waals surface area contributed by atoms with E-state index in [0.717, 1.165) is 11.4 Å². The highest BCUT2D eigenvalue weighted by Gasteiger charge is 2.24. The van der Waals surface area contributed by atoms with E-state index in [0.29, 0.717) is 12.3 Å². The molecule has 1 saturated carbocycles. The van der Waals surface area contributed by atoms with Gasteiger partial charge in [-0.3, -0.25) is 0 Å². The summed E-state index contributed by atoms with van der Waals surface area (Å²) in [5.74, 6) is 1.55. The van der Waals surface area contributed by atoms with Gasteiger partial charge < -0.3 is 5.11 Å². The van der Waals surface area contributed by atoms with Gasteiger partial charge >= 0.3 is 0 Å². The molecule has 1 aromatic heterocycles. The molecule has 1 N–H and O–H groups in total. The molecule has 1 aliphatic carbocycles. The molecule has 0 spiro atoms. The minimum atomic E-state index is -0.518. The number of nitrogens with zero attached hydrogens (tertiary/aromatic N) is 3. The Kier molecular flexibility index (Phi) is 3.57. The lowest BCUT2D eigenvalue weighted by molar-refractivity contribution is 0.173. The maximum atomic E-state index is 10.4. The molecule has 3 rings (SSSR count). The smallest absolute Gasteiger partial charge is 0.138 e. The summed E-state index contributed by atoms with van der Waals surface area (Å²) in [5.41, 5.74) is 2.33. The lowest BCUT2D eigenvalue weighted by Gasteiger charge is -2.14. The number of benzene rings is 1. The number of rotatable bonds is 5. The van der Waals surface area contributed by atoms with Crippen molar-refractivity contribution in [1.29, 1.82) is 0 Å². The molecular formula is C16H21N3O. The van der Waals surface area contributed by atoms with Crippen LogP contribution in [0, 0.1) is 0 Å². The van der Waals surface area contributed by atoms with Crippen molar-refractivity contribution in [1.82, 2.24) is 14.8 Å². The maximum absolute atomic E-state index is 10.4. The second-order valence-electron chi connectivity index (χ2n) is 5.88. The predicted molar refractivity (Wildman–Crippen MR) is 77.5 cm³/mol. The molecule has 4 heteroatoms. The number of aliphatic hydroxyl groups is 1. The van der Waals surface area contributed by atoms with E-state index < -0.39 is 6.10 Å². The van der Waals surface area contributed by atoms with Crippen LogP contribution < -0.4 is 0 Å². The van der Waals surface area contributed by atoms with Crippen LogP contribution in [0.1, 0.15) is 61.7 Å². The fraction of sp³-hybridized carbons (Fsp3) is 0.500. The molecule has 0 bridgehead atoms. The van der Waals surface area contributed by atoms with E-state index in [1.54, 1.807) is 6.33 Å². The third-order valence-corrected chi connectivity index (χ3v) is 3.86. The van der Waals surface area contributed by atoms with E-state index in [1.165, 1.54) is 18.4 Å². The van der Waals surface area contributed by atoms with E-state index in [-0.39, 0.29) is 6.04 Å². The van der Waals surface area contributed by atoms with Gasteiger partial charge in [0.1, 0.15) is 12.2 Å². The third-order valence-electron chi connectivity index (χ3n) is 3.86. The molecule has 20 heavy (non-hydrogen) atoms. The van der Waals surface area contributed by atoms with Crippen molar-refractivity contribution >= 4 is 0 Å². The fourth-order valence-corrected chi connectivity index (χ4v) is 2.58. The Balaban J connectivity index is 1.76. The largest absolute Gasteiger partial charge is 0.388 e. The summed E-state index contributed by atoms with van der Waals surface area (Å²) in [6.45, 7) is 4.14. The molecule has 1 unspecified atom stereocenters. The van der Waals surface area contributed by atoms with Gasteiger partial charge in [-0.25, -0.2) is 9.67 Å². The van der Waals surface area contributed by atoms with Crippen LogP contribution in [-0.4, -0.2) is 19.9 Å². The topological polar surface area (TPSA) is 50.9 Å². The van der Waals surface area contributed by atoms with Gasteiger partial charge in [0, 0.05) is 12.5 Å². The summed E-state index contributed by atoms with van der Waals surface area (Å²) >= 11 is 0. The summed E-state index contributed by atoms with van der Waals surface area (Å²) in [5, 5.41) is 14.7. The van der Waals surface area contributed by atoms with Crippen LogP contribution in [0.25, 0.3) is 0 Å². The van der Waals surface area contributed by atoms with Gasteiger partial charge in [-0.1, -0.05) is 24.3 Å². The number of hydrogen-bond acceptors (Lipinski definition) is 3. The number of aromatic nitrogens is 3. The Morgan fingerprint density at radius 2 is 2.15 bits per heavy atom. The van der Waals surface area contributed by atoms with Gasteiger partial charge in [0.2, 0.25) is 0 Å². The normalized spacial score (nSPS) is 16.6. The van der Waals surface area contributed by atoms with E-state index in [4.69, 9.17) is 0 Å². The van der Waals surface area contributed by atoms with Crippen molar-refractivity contribution in [3.05, 3.63) is 47.5 Å². The molecular weight excluding hydrogens is 250 g/mol. The first-order chi connectivity index (χ1) is 9.65. The van der Waals surface area contributed by atoms with Gasteiger partial charge in [0.05, 0.1) is 6.10 Å². The van der Waals surface area contributed by atoms with E-state index in [2.05, 4.69) is 36.1 Å². The van der Waals surface area contributed by atoms with E-state index >= 15 is 0 Å². The lowest BCUT2D eigenvalue weighted by Crippen LogP contribution is -2.12. The van der Waals surface area contributed by atoms with Gasteiger partial charge in [-0.05, 0) is 43.7 Å². The van der Waals surface area contributed by atoms with Crippen molar-refractivity contribution in [2.75, 3.05) is 0 Å². The lowest BCUT2D eigenvalue weighted by atomic mass is 10.0. The molecule has 1 atom stereocenters. The molecule has 4 nitrogen and oxygen atoms in total. The summed E-state index contributed by atoms with van der Waals surface area (Å²) in [4.78, 5) is 4.26. The molecule has 1 fully saturated rings. The van der Waals surface area contributed by atoms with Gasteiger partial charge in [-0.2, -0.15) is 5.10 Å². The second kappa shape index (κ2) is 5.37. The zero-order chi connectivity index (χ0) is 14.1. The monoisotopic (exact) mass is 271 g/mol. The predicted octanol–water partition coefficient (Wildman–Crippen LogP) is 3.01. The number of aliphatic hydroxyl groups excluding tert-OH is 1. The van der Waals surface area contributed by atoms with Gasteiger partial charge in [0.25, 0.3) is 0 Å². The summed E-state index contributed by atoms with van der Waals surface area (Å²) in [7, 11) is 0. The van der Waals surface area contributed by atoms with Crippen LogP contribution in [-0.2, 0) is 6.42 Å². The van der Waals surface area contributed by atoms with Gasteiger partial charge in [-0.15, -0.1) is 0 Å². The Bertz CT molecular complexity index is 587. The van der Waals surface area contributed by atoms with Crippen molar-refractivity contribution < 1.29 is 5.11 Å². The maximum Gasteiger partial charge on any atom is 0.138 e. The van der Waals surface area contributed by atoms with Crippen LogP contribution in [0.2, 0.25) is 0 Å². The summed E-state index contributed by atoms with van der Waals surface area (Å²) in [6.07, 6.45) is 4.10. The van der Waals surface area contributed by atoms with Crippen molar-refractivity contribution in [3.63, 3.8) is 0 Å². The Hall–Kier alpha value is -1.68. The first kappa shape index (κ1) is 13.3. The Labute approximate surface area is 119 Å². The molecule has 1 aromatic carbocycles. The first-order valence-electron chi connectivity index (χ1n) is 7.31. The molecule has 1 aliphatic rings. The van der Waals surface area contributed by atoms with Crippen LogP contribution in [0.5, 0.6) is 0 Å². The van der Waals surface area contributed by atoms with Crippen molar-refractivity contribution in [2.24, 2.45) is 0 Å². The Morgan fingerprint density at radius 1 is 1.35 bits per heavy atom. The van der Waals surface area contributed by atoms with Crippen LogP contribution >= 0.6 is 0 Å². The molecule has 0 saturated heterocycles. The van der Waals surface area contributed by atoms with Gasteiger partial charge in [0.15, 0.2) is 0 Å². The molecule has 0 amide bonds. The SMILES string of the molecule is CC(C)n1ncnc1CC(O)c1cccc(C2CC2)c1. The van der Waals surface area contributed by atoms with Crippen LogP contribution in [0.3, 0.4) is 0 Å². The first-order valence-corrected chi connectivity index (χ1v) is 7.31. The minimum absolute atomic E-state index is 0.262. The zero-order valence-corrected chi connectivity index (χ0v) is 12.0. The molecule has 106 valence electrons. The molecule has 0 radical (unpaired) electrons.